The Balaban J connectivity index is 1.75. The molecule has 2 aromatic rings. The van der Waals surface area contributed by atoms with Gasteiger partial charge in [0.25, 0.3) is 5.56 Å². The molecule has 0 spiro atoms. The highest BCUT2D eigenvalue weighted by Gasteiger charge is 2.30. The lowest BCUT2D eigenvalue weighted by atomic mass is 10.0. The van der Waals surface area contributed by atoms with Crippen LogP contribution in [0.25, 0.3) is 0 Å². The highest BCUT2D eigenvalue weighted by molar-refractivity contribution is 8.01. The van der Waals surface area contributed by atoms with E-state index in [1.807, 2.05) is 38.1 Å². The molecule has 1 fully saturated rings. The molecule has 0 bridgehead atoms. The van der Waals surface area contributed by atoms with Crippen molar-refractivity contribution in [3.63, 3.8) is 0 Å². The third-order valence-electron chi connectivity index (χ3n) is 6.59. The van der Waals surface area contributed by atoms with Crippen molar-refractivity contribution >= 4 is 23.7 Å². The molecule has 212 valence electrons. The van der Waals surface area contributed by atoms with Gasteiger partial charge in [0, 0.05) is 30.0 Å². The van der Waals surface area contributed by atoms with Gasteiger partial charge < -0.3 is 9.47 Å². The van der Waals surface area contributed by atoms with Crippen LogP contribution in [0.4, 0.5) is 0 Å². The van der Waals surface area contributed by atoms with Crippen LogP contribution in [0.15, 0.2) is 50.9 Å². The number of aryl methyl sites for hydroxylation is 2. The zero-order valence-electron chi connectivity index (χ0n) is 23.3. The molecule has 9 nitrogen and oxygen atoms in total. The number of aromatic nitrogens is 3. The van der Waals surface area contributed by atoms with E-state index in [4.69, 9.17) is 9.47 Å². The summed E-state index contributed by atoms with van der Waals surface area (Å²) in [5, 5.41) is 4.52. The van der Waals surface area contributed by atoms with Crippen molar-refractivity contribution in [3.8, 4) is 0 Å². The van der Waals surface area contributed by atoms with Gasteiger partial charge in [0.15, 0.2) is 0 Å². The third-order valence-corrected chi connectivity index (χ3v) is 7.76. The van der Waals surface area contributed by atoms with Gasteiger partial charge >= 0.3 is 17.6 Å². The predicted molar refractivity (Wildman–Crippen MR) is 151 cm³/mol. The lowest BCUT2D eigenvalue weighted by Crippen LogP contribution is -2.44. The van der Waals surface area contributed by atoms with Crippen molar-refractivity contribution in [1.29, 1.82) is 0 Å². The zero-order valence-corrected chi connectivity index (χ0v) is 24.1. The fraction of sp³-hybridized carbons (Fsp3) is 0.552. The summed E-state index contributed by atoms with van der Waals surface area (Å²) in [5.74, 6) is -0.723. The monoisotopic (exact) mass is 557 g/mol. The molecule has 0 N–H and O–H groups in total. The van der Waals surface area contributed by atoms with Crippen LogP contribution in [-0.4, -0.2) is 44.2 Å². The first kappa shape index (κ1) is 30.4. The molecule has 10 heteroatoms. The second-order valence-electron chi connectivity index (χ2n) is 10.0. The molecule has 1 saturated carbocycles. The first-order valence-electron chi connectivity index (χ1n) is 13.7. The van der Waals surface area contributed by atoms with Crippen molar-refractivity contribution in [2.24, 2.45) is 0 Å². The molecule has 1 aromatic carbocycles. The topological polar surface area (TPSA) is 109 Å². The lowest BCUT2D eigenvalue weighted by Gasteiger charge is -2.21. The Morgan fingerprint density at radius 3 is 2.54 bits per heavy atom. The van der Waals surface area contributed by atoms with Gasteiger partial charge in [-0.2, -0.15) is 5.10 Å². The van der Waals surface area contributed by atoms with E-state index in [9.17, 15) is 19.2 Å². The molecule has 3 rings (SSSR count). The summed E-state index contributed by atoms with van der Waals surface area (Å²) >= 11 is 1.45. The van der Waals surface area contributed by atoms with Gasteiger partial charge in [-0.3, -0.25) is 14.2 Å². The van der Waals surface area contributed by atoms with E-state index in [0.29, 0.717) is 31.7 Å². The number of hydrogen-bond acceptors (Lipinski definition) is 8. The van der Waals surface area contributed by atoms with Gasteiger partial charge in [-0.15, -0.1) is 11.8 Å². The van der Waals surface area contributed by atoms with E-state index in [2.05, 4.69) is 5.10 Å². The van der Waals surface area contributed by atoms with Crippen molar-refractivity contribution in [1.82, 2.24) is 14.3 Å². The highest BCUT2D eigenvalue weighted by Crippen LogP contribution is 2.34. The van der Waals surface area contributed by atoms with Crippen LogP contribution in [0.5, 0.6) is 0 Å². The maximum Gasteiger partial charge on any atom is 0.347 e. The van der Waals surface area contributed by atoms with Crippen LogP contribution in [-0.2, 0) is 38.6 Å². The Bertz CT molecular complexity index is 1290. The molecule has 0 amide bonds. The van der Waals surface area contributed by atoms with E-state index in [1.54, 1.807) is 13.8 Å². The van der Waals surface area contributed by atoms with E-state index in [-0.39, 0.29) is 30.6 Å². The Labute approximate surface area is 233 Å². The summed E-state index contributed by atoms with van der Waals surface area (Å²) in [6, 6.07) is 7.99. The summed E-state index contributed by atoms with van der Waals surface area (Å²) < 4.78 is 11.9. The summed E-state index contributed by atoms with van der Waals surface area (Å²) in [7, 11) is 0. The van der Waals surface area contributed by atoms with Crippen LogP contribution < -0.4 is 11.2 Å². The maximum atomic E-state index is 13.2. The number of hydrogen-bond donors (Lipinski definition) is 0. The summed E-state index contributed by atoms with van der Waals surface area (Å²) in [5.41, 5.74) is 0.631. The third kappa shape index (κ3) is 8.42. The number of nitrogens with zero attached hydrogens (tertiary/aromatic N) is 3. The normalized spacial score (nSPS) is 14.2. The molecule has 0 radical (unpaired) electrons. The number of ether oxygens (including phenoxy) is 2. The van der Waals surface area contributed by atoms with Crippen LogP contribution in [0.1, 0.15) is 77.0 Å². The lowest BCUT2D eigenvalue weighted by molar-refractivity contribution is -0.145. The van der Waals surface area contributed by atoms with Gasteiger partial charge in [-0.05, 0) is 71.1 Å². The smallest absolute Gasteiger partial charge is 0.347 e. The number of allylic oxidation sites excluding steroid dienone is 1. The minimum Gasteiger partial charge on any atom is -0.465 e. The first-order valence-corrected chi connectivity index (χ1v) is 14.5. The van der Waals surface area contributed by atoms with Gasteiger partial charge in [-0.1, -0.05) is 31.1 Å². The molecule has 1 aliphatic carbocycles. The van der Waals surface area contributed by atoms with Crippen molar-refractivity contribution in [3.05, 3.63) is 68.5 Å². The summed E-state index contributed by atoms with van der Waals surface area (Å²) in [4.78, 5) is 51.3. The van der Waals surface area contributed by atoms with Crippen LogP contribution in [0.2, 0.25) is 0 Å². The highest BCUT2D eigenvalue weighted by atomic mass is 32.2. The maximum absolute atomic E-state index is 13.2. The van der Waals surface area contributed by atoms with E-state index in [1.165, 1.54) is 28.6 Å². The predicted octanol–water partition coefficient (Wildman–Crippen LogP) is 4.25. The molecular formula is C29H39N3O6S. The number of carbonyl (C=O) groups is 2. The quantitative estimate of drug-likeness (QED) is 0.204. The van der Waals surface area contributed by atoms with Crippen molar-refractivity contribution in [2.45, 2.75) is 94.9 Å². The Hall–Kier alpha value is -3.14. The Kier molecular flexibility index (Phi) is 11.2. The second kappa shape index (κ2) is 14.3. The molecule has 0 aliphatic heterocycles. The van der Waals surface area contributed by atoms with Gasteiger partial charge in [-0.25, -0.2) is 14.3 Å². The fourth-order valence-electron chi connectivity index (χ4n) is 4.63. The molecular weight excluding hydrogens is 518 g/mol. The van der Waals surface area contributed by atoms with E-state index < -0.39 is 16.4 Å². The molecule has 1 heterocycles. The van der Waals surface area contributed by atoms with Crippen LogP contribution in [0.3, 0.4) is 0 Å². The number of carbonyl (C=O) groups excluding carboxylic acids is 2. The SMILES string of the molecule is CCOC(=O)/C=C/Cn1c(=O)c(C2CCCC2)nn(CCCc2cccc(SC(C)(C)C(=O)OCC)c2)c1=O. The molecule has 1 aromatic heterocycles. The molecule has 0 atom stereocenters. The molecule has 1 aliphatic rings. The number of esters is 2. The van der Waals surface area contributed by atoms with E-state index in [0.717, 1.165) is 40.7 Å². The minimum absolute atomic E-state index is 0.0196. The number of benzene rings is 1. The minimum atomic E-state index is -0.710. The summed E-state index contributed by atoms with van der Waals surface area (Å²) in [6.45, 7) is 8.13. The number of thioether (sulfide) groups is 1. The van der Waals surface area contributed by atoms with Crippen molar-refractivity contribution < 1.29 is 19.1 Å². The standard InChI is InChI=1S/C29H39N3O6S/c1-5-37-24(33)17-11-18-31-26(34)25(22-14-7-8-15-22)30-32(28(31)36)19-10-13-21-12-9-16-23(20-21)39-29(3,4)27(35)38-6-2/h9,11-12,16-17,20,22H,5-8,10,13-15,18-19H2,1-4H3/b17-11+. The fourth-order valence-corrected chi connectivity index (χ4v) is 5.71. The van der Waals surface area contributed by atoms with Crippen LogP contribution in [0, 0.1) is 0 Å². The van der Waals surface area contributed by atoms with Crippen molar-refractivity contribution in [2.75, 3.05) is 13.2 Å². The van der Waals surface area contributed by atoms with Gasteiger partial charge in [0.05, 0.1) is 13.2 Å². The molecule has 0 saturated heterocycles. The molecule has 39 heavy (non-hydrogen) atoms. The summed E-state index contributed by atoms with van der Waals surface area (Å²) in [6.07, 6.45) is 7.89. The Morgan fingerprint density at radius 2 is 1.85 bits per heavy atom. The first-order chi connectivity index (χ1) is 18.7. The van der Waals surface area contributed by atoms with E-state index >= 15 is 0 Å². The van der Waals surface area contributed by atoms with Gasteiger partial charge in [0.2, 0.25) is 0 Å². The van der Waals surface area contributed by atoms with Crippen LogP contribution >= 0.6 is 11.8 Å². The molecule has 0 unspecified atom stereocenters. The average molecular weight is 558 g/mol. The van der Waals surface area contributed by atoms with Gasteiger partial charge in [0.1, 0.15) is 10.4 Å². The number of rotatable bonds is 13. The Morgan fingerprint density at radius 1 is 1.13 bits per heavy atom. The average Bonchev–Trinajstić information content (AvgIpc) is 3.42. The second-order valence-corrected chi connectivity index (χ2v) is 11.7. The zero-order chi connectivity index (χ0) is 28.4. The largest absolute Gasteiger partial charge is 0.465 e.